The summed E-state index contributed by atoms with van der Waals surface area (Å²) in [6.45, 7) is 2.13. The van der Waals surface area contributed by atoms with Crippen LogP contribution in [-0.2, 0) is 10.5 Å². The van der Waals surface area contributed by atoms with Crippen LogP contribution in [0.3, 0.4) is 0 Å². The van der Waals surface area contributed by atoms with Crippen molar-refractivity contribution >= 4 is 45.7 Å². The molecule has 0 aliphatic rings. The Balaban J connectivity index is 1.80. The van der Waals surface area contributed by atoms with Crippen LogP contribution in [0.1, 0.15) is 44.6 Å². The highest BCUT2D eigenvalue weighted by Crippen LogP contribution is 2.30. The lowest BCUT2D eigenvalue weighted by atomic mass is 10.1. The number of nitrogens with zero attached hydrogens (tertiary/aromatic N) is 2. The molecule has 8 heteroatoms. The standard InChI is InChI=1S/C16H19ClFN3OS2/c1-2-3-4-5-9-13(22)19-15-20-21-16(24-15)23-10-11-7-6-8-12(17)14(11)18/h6-8H,2-5,9-10H2,1H3,(H,19,20,22). The lowest BCUT2D eigenvalue weighted by Gasteiger charge is -2.02. The van der Waals surface area contributed by atoms with Crippen LogP contribution >= 0.6 is 34.7 Å². The molecule has 130 valence electrons. The number of carbonyl (C=O) groups excluding carboxylic acids is 1. The zero-order valence-electron chi connectivity index (χ0n) is 13.3. The number of amides is 1. The SMILES string of the molecule is CCCCCCC(=O)Nc1nnc(SCc2cccc(Cl)c2F)s1. The minimum atomic E-state index is -0.406. The highest BCUT2D eigenvalue weighted by atomic mass is 35.5. The number of unbranched alkanes of at least 4 members (excludes halogenated alkanes) is 3. The number of hydrogen-bond donors (Lipinski definition) is 1. The van der Waals surface area contributed by atoms with Crippen molar-refractivity contribution in [1.82, 2.24) is 10.2 Å². The highest BCUT2D eigenvalue weighted by molar-refractivity contribution is 8.00. The van der Waals surface area contributed by atoms with Crippen molar-refractivity contribution in [2.75, 3.05) is 5.32 Å². The predicted octanol–water partition coefficient (Wildman–Crippen LogP) is 5.53. The molecule has 2 aromatic rings. The van der Waals surface area contributed by atoms with Gasteiger partial charge in [-0.05, 0) is 18.1 Å². The molecule has 0 saturated carbocycles. The monoisotopic (exact) mass is 387 g/mol. The second kappa shape index (κ2) is 9.96. The van der Waals surface area contributed by atoms with Crippen molar-refractivity contribution in [1.29, 1.82) is 0 Å². The molecule has 2 rings (SSSR count). The molecule has 0 aliphatic heterocycles. The Hall–Kier alpha value is -1.18. The largest absolute Gasteiger partial charge is 0.301 e. The van der Waals surface area contributed by atoms with E-state index in [4.69, 9.17) is 11.6 Å². The summed E-state index contributed by atoms with van der Waals surface area (Å²) in [5.41, 5.74) is 0.518. The average molecular weight is 388 g/mol. The van der Waals surface area contributed by atoms with Gasteiger partial charge in [-0.3, -0.25) is 4.79 Å². The van der Waals surface area contributed by atoms with Crippen LogP contribution in [0.5, 0.6) is 0 Å². The third-order valence-electron chi connectivity index (χ3n) is 3.29. The molecular formula is C16H19ClFN3OS2. The van der Waals surface area contributed by atoms with Crippen molar-refractivity contribution in [2.45, 2.75) is 49.1 Å². The van der Waals surface area contributed by atoms with Gasteiger partial charge >= 0.3 is 0 Å². The predicted molar refractivity (Wildman–Crippen MR) is 98.3 cm³/mol. The molecule has 0 fully saturated rings. The third kappa shape index (κ3) is 6.03. The number of aromatic nitrogens is 2. The van der Waals surface area contributed by atoms with Gasteiger partial charge in [0.2, 0.25) is 11.0 Å². The fraction of sp³-hybridized carbons (Fsp3) is 0.438. The van der Waals surface area contributed by atoms with E-state index in [2.05, 4.69) is 22.4 Å². The van der Waals surface area contributed by atoms with Gasteiger partial charge in [0, 0.05) is 12.2 Å². The topological polar surface area (TPSA) is 54.9 Å². The van der Waals surface area contributed by atoms with E-state index >= 15 is 0 Å². The van der Waals surface area contributed by atoms with Crippen molar-refractivity contribution in [3.8, 4) is 0 Å². The Morgan fingerprint density at radius 3 is 2.96 bits per heavy atom. The number of hydrogen-bond acceptors (Lipinski definition) is 5. The Morgan fingerprint density at radius 1 is 1.33 bits per heavy atom. The van der Waals surface area contributed by atoms with Gasteiger partial charge in [0.15, 0.2) is 4.34 Å². The molecule has 0 radical (unpaired) electrons. The van der Waals surface area contributed by atoms with Gasteiger partial charge < -0.3 is 5.32 Å². The summed E-state index contributed by atoms with van der Waals surface area (Å²) in [6, 6.07) is 4.92. The van der Waals surface area contributed by atoms with E-state index in [1.165, 1.54) is 29.2 Å². The molecule has 1 N–H and O–H groups in total. The molecule has 0 bridgehead atoms. The van der Waals surface area contributed by atoms with Crippen LogP contribution in [-0.4, -0.2) is 16.1 Å². The second-order valence-electron chi connectivity index (χ2n) is 5.23. The Labute approximate surface area is 154 Å². The highest BCUT2D eigenvalue weighted by Gasteiger charge is 2.11. The first-order valence-corrected chi connectivity index (χ1v) is 9.97. The van der Waals surface area contributed by atoms with E-state index in [9.17, 15) is 9.18 Å². The molecule has 1 amide bonds. The lowest BCUT2D eigenvalue weighted by Crippen LogP contribution is -2.10. The number of benzene rings is 1. The number of thioether (sulfide) groups is 1. The molecule has 0 spiro atoms. The first-order valence-electron chi connectivity index (χ1n) is 7.79. The van der Waals surface area contributed by atoms with Crippen LogP contribution in [0.2, 0.25) is 5.02 Å². The summed E-state index contributed by atoms with van der Waals surface area (Å²) in [6.07, 6.45) is 4.73. The van der Waals surface area contributed by atoms with Crippen molar-refractivity contribution < 1.29 is 9.18 Å². The summed E-state index contributed by atoms with van der Waals surface area (Å²) in [5, 5.41) is 11.3. The van der Waals surface area contributed by atoms with Crippen molar-refractivity contribution in [2.24, 2.45) is 0 Å². The number of rotatable bonds is 9. The molecule has 24 heavy (non-hydrogen) atoms. The maximum atomic E-state index is 13.8. The molecule has 1 aromatic carbocycles. The van der Waals surface area contributed by atoms with E-state index in [0.717, 1.165) is 25.7 Å². The van der Waals surface area contributed by atoms with Crippen molar-refractivity contribution in [3.63, 3.8) is 0 Å². The molecule has 0 saturated heterocycles. The minimum Gasteiger partial charge on any atom is -0.301 e. The Bertz CT molecular complexity index is 681. The fourth-order valence-corrected chi connectivity index (χ4v) is 3.95. The molecule has 4 nitrogen and oxygen atoms in total. The molecular weight excluding hydrogens is 369 g/mol. The summed E-state index contributed by atoms with van der Waals surface area (Å²) >= 11 is 8.41. The zero-order chi connectivity index (χ0) is 17.4. The van der Waals surface area contributed by atoms with Gasteiger partial charge in [0.1, 0.15) is 5.82 Å². The van der Waals surface area contributed by atoms with Gasteiger partial charge in [-0.25, -0.2) is 4.39 Å². The normalized spacial score (nSPS) is 10.8. The molecule has 0 atom stereocenters. The van der Waals surface area contributed by atoms with Gasteiger partial charge in [-0.15, -0.1) is 10.2 Å². The van der Waals surface area contributed by atoms with Gasteiger partial charge in [0.05, 0.1) is 5.02 Å². The quantitative estimate of drug-likeness (QED) is 0.349. The van der Waals surface area contributed by atoms with Crippen LogP contribution in [0.25, 0.3) is 0 Å². The number of nitrogens with one attached hydrogen (secondary N) is 1. The summed E-state index contributed by atoms with van der Waals surface area (Å²) < 4.78 is 14.5. The van der Waals surface area contributed by atoms with E-state index in [1.807, 2.05) is 0 Å². The van der Waals surface area contributed by atoms with Gasteiger partial charge in [-0.2, -0.15) is 0 Å². The third-order valence-corrected chi connectivity index (χ3v) is 5.61. The average Bonchev–Trinajstić information content (AvgIpc) is 3.00. The molecule has 1 aromatic heterocycles. The second-order valence-corrected chi connectivity index (χ2v) is 7.84. The van der Waals surface area contributed by atoms with E-state index in [-0.39, 0.29) is 10.9 Å². The van der Waals surface area contributed by atoms with E-state index < -0.39 is 5.82 Å². The van der Waals surface area contributed by atoms with Gasteiger partial charge in [0.25, 0.3) is 0 Å². The summed E-state index contributed by atoms with van der Waals surface area (Å²) in [7, 11) is 0. The van der Waals surface area contributed by atoms with Gasteiger partial charge in [-0.1, -0.05) is 73.0 Å². The van der Waals surface area contributed by atoms with Crippen LogP contribution in [0.15, 0.2) is 22.5 Å². The molecule has 1 heterocycles. The number of carbonyl (C=O) groups is 1. The first-order chi connectivity index (χ1) is 11.6. The number of halogens is 2. The lowest BCUT2D eigenvalue weighted by molar-refractivity contribution is -0.116. The maximum absolute atomic E-state index is 13.8. The van der Waals surface area contributed by atoms with Crippen LogP contribution in [0.4, 0.5) is 9.52 Å². The van der Waals surface area contributed by atoms with E-state index in [1.54, 1.807) is 12.1 Å². The number of anilines is 1. The molecule has 0 aliphatic carbocycles. The van der Waals surface area contributed by atoms with Crippen LogP contribution < -0.4 is 5.32 Å². The summed E-state index contributed by atoms with van der Waals surface area (Å²) in [5.74, 6) is -0.0390. The van der Waals surface area contributed by atoms with Crippen LogP contribution in [0, 0.1) is 5.82 Å². The first kappa shape index (κ1) is 19.1. The smallest absolute Gasteiger partial charge is 0.226 e. The minimum absolute atomic E-state index is 0.0420. The molecule has 0 unspecified atom stereocenters. The zero-order valence-corrected chi connectivity index (χ0v) is 15.7. The maximum Gasteiger partial charge on any atom is 0.226 e. The summed E-state index contributed by atoms with van der Waals surface area (Å²) in [4.78, 5) is 11.8. The Morgan fingerprint density at radius 2 is 2.17 bits per heavy atom. The Kier molecular flexibility index (Phi) is 7.94. The van der Waals surface area contributed by atoms with Crippen molar-refractivity contribution in [3.05, 3.63) is 34.6 Å². The van der Waals surface area contributed by atoms with E-state index in [0.29, 0.717) is 27.2 Å². The fourth-order valence-electron chi connectivity index (χ4n) is 2.01.